The van der Waals surface area contributed by atoms with Crippen LogP contribution in [0, 0.1) is 5.41 Å². The van der Waals surface area contributed by atoms with E-state index in [1.165, 1.54) is 51.4 Å². The lowest BCUT2D eigenvalue weighted by Gasteiger charge is -2.33. The first-order chi connectivity index (χ1) is 24.1. The zero-order valence-corrected chi connectivity index (χ0v) is 33.7. The number of nitrogens with one attached hydrogen (secondary N) is 3. The quantitative estimate of drug-likeness (QED) is 0.119. The molecule has 1 aliphatic rings. The third-order valence-corrected chi connectivity index (χ3v) is 8.52. The van der Waals surface area contributed by atoms with Gasteiger partial charge in [0.2, 0.25) is 0 Å². The second-order valence-electron chi connectivity index (χ2n) is 12.8. The minimum Gasteiger partial charge on any atom is -0.405 e. The van der Waals surface area contributed by atoms with Crippen LogP contribution in [0.5, 0.6) is 0 Å². The van der Waals surface area contributed by atoms with Gasteiger partial charge in [0, 0.05) is 61.7 Å². The van der Waals surface area contributed by atoms with Crippen LogP contribution in [-0.2, 0) is 13.0 Å². The fourth-order valence-corrected chi connectivity index (χ4v) is 5.54. The number of anilines is 1. The molecule has 6 heteroatoms. The Morgan fingerprint density at radius 1 is 1.04 bits per heavy atom. The monoisotopic (exact) mass is 685 g/mol. The number of likely N-dealkylation sites (N-methyl/N-ethyl adjacent to an activating group) is 1. The molecule has 0 spiro atoms. The van der Waals surface area contributed by atoms with Crippen molar-refractivity contribution in [2.45, 2.75) is 101 Å². The molecular weight excluding hydrogens is 613 g/mol. The van der Waals surface area contributed by atoms with E-state index in [0.717, 1.165) is 56.9 Å². The summed E-state index contributed by atoms with van der Waals surface area (Å²) in [5.41, 5.74) is 13.6. The number of fused-ring (bicyclic) bond motifs is 1. The van der Waals surface area contributed by atoms with Crippen molar-refractivity contribution in [2.75, 3.05) is 38.5 Å². The third kappa shape index (κ3) is 15.5. The van der Waals surface area contributed by atoms with E-state index in [9.17, 15) is 0 Å². The Bertz CT molecular complexity index is 1430. The summed E-state index contributed by atoms with van der Waals surface area (Å²) in [6, 6.07) is 18.4. The number of hydrogen-bond donors (Lipinski definition) is 4. The number of pyridine rings is 1. The molecule has 0 aliphatic carbocycles. The summed E-state index contributed by atoms with van der Waals surface area (Å²) in [6.07, 6.45) is 8.63. The Morgan fingerprint density at radius 2 is 1.68 bits per heavy atom. The molecule has 5 N–H and O–H groups in total. The number of hydrogen-bond acceptors (Lipinski definition) is 6. The van der Waals surface area contributed by atoms with E-state index in [1.807, 2.05) is 40.9 Å². The molecule has 1 aliphatic heterocycles. The minimum atomic E-state index is 0.114. The third-order valence-electron chi connectivity index (χ3n) is 8.52. The lowest BCUT2D eigenvalue weighted by atomic mass is 9.86. The molecule has 0 saturated carbocycles. The SMILES string of the molecule is C=C.C=CN.CC.CC.CC/C(CNC)=C(/C=C(\C)C(C)(C)C)Nc1ccc(Cc2ccnc(CN3CCNC(CC)C3)c2)c2ccccc12. The summed E-state index contributed by atoms with van der Waals surface area (Å²) in [4.78, 5) is 7.26. The van der Waals surface area contributed by atoms with E-state index in [2.05, 4.69) is 142 Å². The van der Waals surface area contributed by atoms with Crippen molar-refractivity contribution in [3.63, 3.8) is 0 Å². The summed E-state index contributed by atoms with van der Waals surface area (Å²) < 4.78 is 0. The lowest BCUT2D eigenvalue weighted by Crippen LogP contribution is -2.49. The molecule has 1 fully saturated rings. The van der Waals surface area contributed by atoms with Crippen LogP contribution in [0.3, 0.4) is 0 Å². The van der Waals surface area contributed by atoms with Gasteiger partial charge >= 0.3 is 0 Å². The van der Waals surface area contributed by atoms with E-state index in [4.69, 9.17) is 4.98 Å². The fourth-order valence-electron chi connectivity index (χ4n) is 5.54. The first-order valence-corrected chi connectivity index (χ1v) is 18.7. The minimum absolute atomic E-state index is 0.114. The van der Waals surface area contributed by atoms with Gasteiger partial charge in [-0.05, 0) is 91.2 Å². The molecule has 1 aromatic heterocycles. The van der Waals surface area contributed by atoms with Gasteiger partial charge in [-0.1, -0.05) is 105 Å². The van der Waals surface area contributed by atoms with Crippen molar-refractivity contribution >= 4 is 16.5 Å². The van der Waals surface area contributed by atoms with Crippen LogP contribution in [0.4, 0.5) is 5.69 Å². The predicted octanol–water partition coefficient (Wildman–Crippen LogP) is 10.2. The summed E-state index contributed by atoms with van der Waals surface area (Å²) >= 11 is 0. The molecule has 6 nitrogen and oxygen atoms in total. The average molecular weight is 685 g/mol. The summed E-state index contributed by atoms with van der Waals surface area (Å²) in [5, 5.41) is 13.4. The van der Waals surface area contributed by atoms with Gasteiger partial charge in [0.1, 0.15) is 0 Å². The summed E-state index contributed by atoms with van der Waals surface area (Å²) in [5.74, 6) is 0. The molecule has 0 amide bonds. The summed E-state index contributed by atoms with van der Waals surface area (Å²) in [7, 11) is 2.02. The van der Waals surface area contributed by atoms with Crippen molar-refractivity contribution in [3.05, 3.63) is 120 Å². The van der Waals surface area contributed by atoms with Crippen LogP contribution in [0.15, 0.2) is 104 Å². The van der Waals surface area contributed by atoms with Crippen LogP contribution in [0.25, 0.3) is 10.8 Å². The van der Waals surface area contributed by atoms with Crippen molar-refractivity contribution in [1.29, 1.82) is 0 Å². The number of piperazine rings is 1. The van der Waals surface area contributed by atoms with Crippen LogP contribution >= 0.6 is 0 Å². The predicted molar refractivity (Wildman–Crippen MR) is 225 cm³/mol. The molecule has 4 rings (SSSR count). The molecule has 1 saturated heterocycles. The van der Waals surface area contributed by atoms with Crippen LogP contribution in [0.2, 0.25) is 0 Å². The van der Waals surface area contributed by atoms with E-state index in [1.54, 1.807) is 0 Å². The number of nitrogens with two attached hydrogens (primary N) is 1. The van der Waals surface area contributed by atoms with Gasteiger partial charge in [0.05, 0.1) is 5.69 Å². The number of allylic oxidation sites excluding steroid dienone is 2. The van der Waals surface area contributed by atoms with Crippen LogP contribution in [-0.4, -0.2) is 49.2 Å². The lowest BCUT2D eigenvalue weighted by molar-refractivity contribution is 0.188. The second kappa shape index (κ2) is 26.1. The Labute approximate surface area is 307 Å². The summed E-state index contributed by atoms with van der Waals surface area (Å²) in [6.45, 7) is 35.7. The molecule has 2 aromatic carbocycles. The Hall–Kier alpha value is -3.71. The smallest absolute Gasteiger partial charge is 0.0546 e. The maximum Gasteiger partial charge on any atom is 0.0546 e. The van der Waals surface area contributed by atoms with Gasteiger partial charge in [-0.3, -0.25) is 9.88 Å². The van der Waals surface area contributed by atoms with Gasteiger partial charge in [-0.15, -0.1) is 13.2 Å². The highest BCUT2D eigenvalue weighted by atomic mass is 15.2. The Balaban J connectivity index is 0.00000245. The highest BCUT2D eigenvalue weighted by Crippen LogP contribution is 2.32. The van der Waals surface area contributed by atoms with Crippen molar-refractivity contribution in [3.8, 4) is 0 Å². The topological polar surface area (TPSA) is 78.2 Å². The number of benzene rings is 2. The normalized spacial score (nSPS) is 14.9. The first kappa shape index (κ1) is 46.3. The van der Waals surface area contributed by atoms with E-state index < -0.39 is 0 Å². The largest absolute Gasteiger partial charge is 0.405 e. The van der Waals surface area contributed by atoms with Crippen molar-refractivity contribution in [2.24, 2.45) is 11.1 Å². The standard InChI is InChI=1S/C36H51N5.C2H5N.2C2H6.C2H4/c1-8-28(23-37-7)35(20-26(3)36(4,5)6)40-34-15-14-29(32-12-10-11-13-33(32)34)21-27-16-17-38-31(22-27)25-41-19-18-39-30(9-2)24-41;1-2-3;3*1-2/h10-17,20,22,30,37,39-40H,8-9,18-19,21,23-25H2,1-7H3;2H,1,3H2;2*1-2H3;1-2H2/b26-20+,35-28+;;;;. The van der Waals surface area contributed by atoms with E-state index >= 15 is 0 Å². The molecule has 50 heavy (non-hydrogen) atoms. The average Bonchev–Trinajstić information content (AvgIpc) is 3.14. The highest BCUT2D eigenvalue weighted by molar-refractivity contribution is 5.97. The zero-order valence-electron chi connectivity index (χ0n) is 33.7. The maximum atomic E-state index is 4.73. The molecule has 1 unspecified atom stereocenters. The zero-order chi connectivity index (χ0) is 38.1. The van der Waals surface area contributed by atoms with Gasteiger partial charge < -0.3 is 21.7 Å². The molecule has 2 heterocycles. The highest BCUT2D eigenvalue weighted by Gasteiger charge is 2.19. The van der Waals surface area contributed by atoms with Gasteiger partial charge in [0.25, 0.3) is 0 Å². The molecular formula is C44H72N6. The number of rotatable bonds is 11. The fraction of sp³-hybridized carbons (Fsp3) is 0.477. The molecule has 278 valence electrons. The molecule has 0 bridgehead atoms. The van der Waals surface area contributed by atoms with Gasteiger partial charge in [0.15, 0.2) is 0 Å². The van der Waals surface area contributed by atoms with E-state index in [-0.39, 0.29) is 5.41 Å². The van der Waals surface area contributed by atoms with Crippen LogP contribution < -0.4 is 21.7 Å². The Kier molecular flexibility index (Phi) is 24.2. The van der Waals surface area contributed by atoms with Crippen LogP contribution in [0.1, 0.15) is 98.9 Å². The molecule has 3 aromatic rings. The maximum absolute atomic E-state index is 4.73. The second-order valence-corrected chi connectivity index (χ2v) is 12.8. The molecule has 1 atom stereocenters. The van der Waals surface area contributed by atoms with Crippen molar-refractivity contribution < 1.29 is 0 Å². The molecule has 0 radical (unpaired) electrons. The number of aromatic nitrogens is 1. The Morgan fingerprint density at radius 3 is 2.26 bits per heavy atom. The van der Waals surface area contributed by atoms with E-state index in [0.29, 0.717) is 6.04 Å². The van der Waals surface area contributed by atoms with Gasteiger partial charge in [-0.2, -0.15) is 0 Å². The van der Waals surface area contributed by atoms with Gasteiger partial charge in [-0.25, -0.2) is 0 Å². The van der Waals surface area contributed by atoms with Crippen molar-refractivity contribution in [1.82, 2.24) is 20.5 Å². The first-order valence-electron chi connectivity index (χ1n) is 18.7. The number of nitrogens with zero attached hydrogens (tertiary/aromatic N) is 2.